The third-order valence-corrected chi connectivity index (χ3v) is 7.39. The van der Waals surface area contributed by atoms with E-state index in [4.69, 9.17) is 4.43 Å². The molecule has 0 saturated heterocycles. The third-order valence-electron chi connectivity index (χ3n) is 6.65. The summed E-state index contributed by atoms with van der Waals surface area (Å²) in [5.74, 6) is -0.150. The van der Waals surface area contributed by atoms with E-state index in [0.717, 1.165) is 37.1 Å². The summed E-state index contributed by atoms with van der Waals surface area (Å²) in [6.45, 7) is 21.0. The van der Waals surface area contributed by atoms with Gasteiger partial charge < -0.3 is 14.6 Å². The summed E-state index contributed by atoms with van der Waals surface area (Å²) >= 11 is 0. The van der Waals surface area contributed by atoms with Crippen LogP contribution in [0.5, 0.6) is 0 Å². The lowest BCUT2D eigenvalue weighted by atomic mass is 9.89. The Morgan fingerprint density at radius 1 is 1.11 bits per heavy atom. The van der Waals surface area contributed by atoms with E-state index < -0.39 is 14.5 Å². The first kappa shape index (κ1) is 29.3. The minimum Gasteiger partial charge on any atom is -0.397 e. The predicted molar refractivity (Wildman–Crippen MR) is 147 cm³/mol. The quantitative estimate of drug-likeness (QED) is 0.158. The first-order chi connectivity index (χ1) is 16.0. The van der Waals surface area contributed by atoms with Crippen LogP contribution in [0.4, 0.5) is 17.1 Å². The van der Waals surface area contributed by atoms with Gasteiger partial charge in [0.05, 0.1) is 21.9 Å². The number of benzene rings is 1. The van der Waals surface area contributed by atoms with E-state index in [1.165, 1.54) is 12.8 Å². The average Bonchev–Trinajstić information content (AvgIpc) is 3.13. The minimum absolute atomic E-state index is 0.0969. The number of hydrogen-bond donors (Lipinski definition) is 1. The molecule has 2 rings (SSSR count). The van der Waals surface area contributed by atoms with Crippen LogP contribution in [0, 0.1) is 34.8 Å². The lowest BCUT2D eigenvalue weighted by Gasteiger charge is -2.34. The van der Waals surface area contributed by atoms with Crippen LogP contribution in [0.1, 0.15) is 90.3 Å². The molecular formula is C27H46N3O4Si. The zero-order chi connectivity index (χ0) is 26.7. The molecule has 1 radical (unpaired) electrons. The molecule has 0 aliphatic carbocycles. The van der Waals surface area contributed by atoms with Crippen molar-refractivity contribution >= 4 is 32.0 Å². The lowest BCUT2D eigenvalue weighted by Crippen LogP contribution is -2.39. The van der Waals surface area contributed by atoms with Crippen molar-refractivity contribution in [3.8, 4) is 0 Å². The standard InChI is InChI=1S/C27H46N3O4Si/c1-18-20-15-17-29(21(34-35(9)10)14-12-11-13-16-26(3,4)5)24(20)22(19(2)23(18)30(32)33)28-25(31)27(6,7)8/h21H,11-17H2,1-10H3,(H,28,31). The van der Waals surface area contributed by atoms with Gasteiger partial charge in [-0.1, -0.05) is 54.4 Å². The second kappa shape index (κ2) is 11.4. The second-order valence-electron chi connectivity index (χ2n) is 12.3. The molecule has 1 N–H and O–H groups in total. The number of nitrogens with one attached hydrogen (secondary N) is 1. The first-order valence-corrected chi connectivity index (χ1v) is 15.3. The van der Waals surface area contributed by atoms with E-state index in [2.05, 4.69) is 44.1 Å². The molecule has 1 aliphatic rings. The van der Waals surface area contributed by atoms with Gasteiger partial charge in [-0.25, -0.2) is 0 Å². The summed E-state index contributed by atoms with van der Waals surface area (Å²) in [5, 5.41) is 15.0. The number of unbranched alkanes of at least 4 members (excludes halogenated alkanes) is 2. The molecule has 1 aromatic rings. The van der Waals surface area contributed by atoms with Crippen molar-refractivity contribution in [2.45, 2.75) is 113 Å². The second-order valence-corrected chi connectivity index (χ2v) is 14.4. The fourth-order valence-corrected chi connectivity index (χ4v) is 5.52. The monoisotopic (exact) mass is 504 g/mol. The van der Waals surface area contributed by atoms with Crippen LogP contribution in [0.3, 0.4) is 0 Å². The van der Waals surface area contributed by atoms with Gasteiger partial charge in [-0.15, -0.1) is 0 Å². The number of carbonyl (C=O) groups is 1. The lowest BCUT2D eigenvalue weighted by molar-refractivity contribution is -0.386. The van der Waals surface area contributed by atoms with Crippen LogP contribution in [0.15, 0.2) is 0 Å². The molecule has 0 fully saturated rings. The van der Waals surface area contributed by atoms with Crippen molar-refractivity contribution in [3.05, 3.63) is 26.8 Å². The Hall–Kier alpha value is -1.93. The summed E-state index contributed by atoms with van der Waals surface area (Å²) in [7, 11) is -0.973. The number of hydrogen-bond acceptors (Lipinski definition) is 5. The zero-order valence-corrected chi connectivity index (χ0v) is 24.6. The van der Waals surface area contributed by atoms with Crippen LogP contribution in [-0.4, -0.2) is 32.6 Å². The molecule has 0 bridgehead atoms. The number of amides is 1. The third kappa shape index (κ3) is 7.53. The van der Waals surface area contributed by atoms with Crippen molar-refractivity contribution in [2.75, 3.05) is 16.8 Å². The normalized spacial score (nSPS) is 14.9. The molecule has 0 saturated carbocycles. The Bertz CT molecular complexity index is 932. The Kier molecular flexibility index (Phi) is 9.56. The van der Waals surface area contributed by atoms with Gasteiger partial charge in [0.25, 0.3) is 5.69 Å². The Morgan fingerprint density at radius 3 is 2.26 bits per heavy atom. The maximum atomic E-state index is 13.0. The molecule has 197 valence electrons. The van der Waals surface area contributed by atoms with Crippen molar-refractivity contribution in [1.82, 2.24) is 0 Å². The maximum Gasteiger partial charge on any atom is 0.277 e. The highest BCUT2D eigenvalue weighted by Crippen LogP contribution is 2.47. The van der Waals surface area contributed by atoms with E-state index >= 15 is 0 Å². The molecule has 7 nitrogen and oxygen atoms in total. The molecule has 1 aromatic carbocycles. The van der Waals surface area contributed by atoms with Crippen molar-refractivity contribution in [1.29, 1.82) is 0 Å². The van der Waals surface area contributed by atoms with Crippen molar-refractivity contribution in [3.63, 3.8) is 0 Å². The summed E-state index contributed by atoms with van der Waals surface area (Å²) in [6.07, 6.45) is 6.13. The molecular weight excluding hydrogens is 458 g/mol. The summed E-state index contributed by atoms with van der Waals surface area (Å²) in [4.78, 5) is 26.9. The van der Waals surface area contributed by atoms with Crippen LogP contribution in [-0.2, 0) is 15.6 Å². The zero-order valence-electron chi connectivity index (χ0n) is 23.6. The number of anilines is 2. The van der Waals surface area contributed by atoms with Gasteiger partial charge in [-0.3, -0.25) is 14.9 Å². The van der Waals surface area contributed by atoms with E-state index in [1.54, 1.807) is 6.92 Å². The molecule has 35 heavy (non-hydrogen) atoms. The van der Waals surface area contributed by atoms with E-state index in [-0.39, 0.29) is 22.7 Å². The van der Waals surface area contributed by atoms with Gasteiger partial charge in [-0.2, -0.15) is 0 Å². The van der Waals surface area contributed by atoms with Crippen molar-refractivity contribution in [2.24, 2.45) is 10.8 Å². The Labute approximate surface area is 213 Å². The number of nitro benzene ring substituents is 1. The van der Waals surface area contributed by atoms with Gasteiger partial charge in [0.2, 0.25) is 14.9 Å². The average molecular weight is 505 g/mol. The SMILES string of the molecule is Cc1c2c(c(NC(=O)C(C)(C)C)c(C)c1[N+](=O)[O-])N(C(CCCCCC(C)(C)C)O[Si](C)C)CC2. The molecule has 8 heteroatoms. The fourth-order valence-electron chi connectivity index (χ4n) is 4.73. The Morgan fingerprint density at radius 2 is 1.74 bits per heavy atom. The van der Waals surface area contributed by atoms with Crippen LogP contribution < -0.4 is 10.2 Å². The highest BCUT2D eigenvalue weighted by atomic mass is 28.3. The van der Waals surface area contributed by atoms with Gasteiger partial charge in [0.1, 0.15) is 6.23 Å². The van der Waals surface area contributed by atoms with E-state index in [1.807, 2.05) is 27.7 Å². The van der Waals surface area contributed by atoms with Gasteiger partial charge in [-0.05, 0) is 63.6 Å². The predicted octanol–water partition coefficient (Wildman–Crippen LogP) is 7.15. The Balaban J connectivity index is 2.45. The maximum absolute atomic E-state index is 13.0. The number of fused-ring (bicyclic) bond motifs is 1. The molecule has 1 amide bonds. The number of rotatable bonds is 10. The number of nitrogens with zero attached hydrogens (tertiary/aromatic N) is 2. The largest absolute Gasteiger partial charge is 0.397 e. The van der Waals surface area contributed by atoms with E-state index in [0.29, 0.717) is 28.7 Å². The van der Waals surface area contributed by atoms with Crippen LogP contribution in [0.2, 0.25) is 13.1 Å². The van der Waals surface area contributed by atoms with Crippen LogP contribution >= 0.6 is 0 Å². The molecule has 1 heterocycles. The summed E-state index contributed by atoms with van der Waals surface area (Å²) < 4.78 is 6.50. The first-order valence-electron chi connectivity index (χ1n) is 12.9. The highest BCUT2D eigenvalue weighted by molar-refractivity contribution is 6.48. The molecule has 0 aromatic heterocycles. The topological polar surface area (TPSA) is 84.7 Å². The summed E-state index contributed by atoms with van der Waals surface area (Å²) in [6, 6.07) is 0. The minimum atomic E-state index is -0.973. The van der Waals surface area contributed by atoms with Gasteiger partial charge in [0, 0.05) is 17.5 Å². The molecule has 1 unspecified atom stereocenters. The molecule has 1 atom stereocenters. The highest BCUT2D eigenvalue weighted by Gasteiger charge is 2.37. The summed E-state index contributed by atoms with van der Waals surface area (Å²) in [5.41, 5.74) is 3.46. The van der Waals surface area contributed by atoms with Gasteiger partial charge >= 0.3 is 0 Å². The van der Waals surface area contributed by atoms with Gasteiger partial charge in [0.15, 0.2) is 0 Å². The number of nitro groups is 1. The fraction of sp³-hybridized carbons (Fsp3) is 0.741. The van der Waals surface area contributed by atoms with Crippen molar-refractivity contribution < 1.29 is 14.1 Å². The van der Waals surface area contributed by atoms with Crippen LogP contribution in [0.25, 0.3) is 0 Å². The number of carbonyl (C=O) groups excluding carboxylic acids is 1. The smallest absolute Gasteiger partial charge is 0.277 e. The van der Waals surface area contributed by atoms with E-state index in [9.17, 15) is 14.9 Å². The molecule has 1 aliphatic heterocycles. The molecule has 0 spiro atoms.